The molecule has 208 valence electrons. The number of carbonyl (C=O) groups is 2. The van der Waals surface area contributed by atoms with E-state index in [0.717, 1.165) is 78.3 Å². The van der Waals surface area contributed by atoms with Crippen LogP contribution in [0.15, 0.2) is 54.6 Å². The number of ketones is 1. The van der Waals surface area contributed by atoms with Crippen molar-refractivity contribution in [3.63, 3.8) is 0 Å². The third kappa shape index (κ3) is 5.99. The van der Waals surface area contributed by atoms with E-state index < -0.39 is 0 Å². The molecule has 7 heteroatoms. The Hall–Kier alpha value is -3.84. The van der Waals surface area contributed by atoms with E-state index in [1.54, 1.807) is 0 Å². The predicted molar refractivity (Wildman–Crippen MR) is 156 cm³/mol. The molecular weight excluding hydrogens is 500 g/mol. The van der Waals surface area contributed by atoms with Crippen molar-refractivity contribution in [3.05, 3.63) is 93.9 Å². The standard InChI is InChI=1S/C33H38N4O3/c1-5-29-35-30-22(3)17-23(4)34-32(30)37(29)21-25-10-8-12-28(19-25)31(38)27-11-7-9-24(18-27)20-36-15-13-26(14-16-36)33(39)40-6-2/h7-12,17-19,26H,5-6,13-16,20-21H2,1-4H3. The lowest BCUT2D eigenvalue weighted by atomic mass is 9.96. The van der Waals surface area contributed by atoms with E-state index in [9.17, 15) is 9.59 Å². The van der Waals surface area contributed by atoms with Crippen LogP contribution in [0.4, 0.5) is 0 Å². The molecule has 0 amide bonds. The first kappa shape index (κ1) is 27.7. The Labute approximate surface area is 236 Å². The van der Waals surface area contributed by atoms with E-state index in [-0.39, 0.29) is 17.7 Å². The third-order valence-corrected chi connectivity index (χ3v) is 7.75. The van der Waals surface area contributed by atoms with Crippen LogP contribution in [0.3, 0.4) is 0 Å². The zero-order chi connectivity index (χ0) is 28.2. The molecule has 0 bridgehead atoms. The first-order valence-corrected chi connectivity index (χ1v) is 14.3. The number of hydrogen-bond acceptors (Lipinski definition) is 6. The fourth-order valence-electron chi connectivity index (χ4n) is 5.70. The minimum atomic E-state index is -0.0781. The van der Waals surface area contributed by atoms with Gasteiger partial charge in [-0.3, -0.25) is 14.5 Å². The summed E-state index contributed by atoms with van der Waals surface area (Å²) in [5.74, 6) is 0.923. The van der Waals surface area contributed by atoms with Gasteiger partial charge in [0.2, 0.25) is 0 Å². The summed E-state index contributed by atoms with van der Waals surface area (Å²) in [4.78, 5) is 37.6. The van der Waals surface area contributed by atoms with Crippen molar-refractivity contribution in [1.29, 1.82) is 0 Å². The maximum atomic E-state index is 13.6. The van der Waals surface area contributed by atoms with E-state index in [1.807, 2.05) is 50.2 Å². The van der Waals surface area contributed by atoms with Crippen LogP contribution in [-0.2, 0) is 29.0 Å². The van der Waals surface area contributed by atoms with Gasteiger partial charge in [0.25, 0.3) is 0 Å². The van der Waals surface area contributed by atoms with Gasteiger partial charge in [0, 0.05) is 29.8 Å². The van der Waals surface area contributed by atoms with Gasteiger partial charge in [-0.25, -0.2) is 9.97 Å². The Bertz CT molecular complexity index is 1530. The largest absolute Gasteiger partial charge is 0.466 e. The van der Waals surface area contributed by atoms with Crippen molar-refractivity contribution in [2.24, 2.45) is 5.92 Å². The lowest BCUT2D eigenvalue weighted by Crippen LogP contribution is -2.36. The minimum absolute atomic E-state index is 0.00562. The van der Waals surface area contributed by atoms with Gasteiger partial charge in [-0.2, -0.15) is 0 Å². The molecule has 2 aromatic carbocycles. The number of piperidine rings is 1. The van der Waals surface area contributed by atoms with Gasteiger partial charge in [0.15, 0.2) is 11.4 Å². The maximum Gasteiger partial charge on any atom is 0.309 e. The molecule has 7 nitrogen and oxygen atoms in total. The maximum absolute atomic E-state index is 13.6. The van der Waals surface area contributed by atoms with Gasteiger partial charge < -0.3 is 9.30 Å². The number of nitrogens with zero attached hydrogens (tertiary/aromatic N) is 4. The lowest BCUT2D eigenvalue weighted by molar-refractivity contribution is -0.149. The molecule has 0 N–H and O–H groups in total. The number of rotatable bonds is 9. The van der Waals surface area contributed by atoms with Crippen LogP contribution < -0.4 is 0 Å². The highest BCUT2D eigenvalue weighted by molar-refractivity contribution is 6.09. The molecule has 2 aromatic heterocycles. The molecule has 0 unspecified atom stereocenters. The van der Waals surface area contributed by atoms with Crippen LogP contribution in [0.2, 0.25) is 0 Å². The summed E-state index contributed by atoms with van der Waals surface area (Å²) in [7, 11) is 0. The number of ether oxygens (including phenoxy) is 1. The summed E-state index contributed by atoms with van der Waals surface area (Å²) in [6, 6.07) is 17.9. The Morgan fingerprint density at radius 1 is 0.900 bits per heavy atom. The van der Waals surface area contributed by atoms with E-state index in [4.69, 9.17) is 14.7 Å². The average molecular weight is 539 g/mol. The molecular formula is C33H38N4O3. The zero-order valence-corrected chi connectivity index (χ0v) is 23.9. The van der Waals surface area contributed by atoms with Crippen molar-refractivity contribution < 1.29 is 14.3 Å². The van der Waals surface area contributed by atoms with Gasteiger partial charge in [-0.1, -0.05) is 43.3 Å². The smallest absolute Gasteiger partial charge is 0.309 e. The van der Waals surface area contributed by atoms with Crippen LogP contribution in [0.5, 0.6) is 0 Å². The number of benzene rings is 2. The van der Waals surface area contributed by atoms with Crippen LogP contribution in [0.1, 0.15) is 70.8 Å². The number of pyridine rings is 1. The molecule has 3 heterocycles. The Balaban J connectivity index is 1.30. The lowest BCUT2D eigenvalue weighted by Gasteiger charge is -2.30. The Morgan fingerprint density at radius 3 is 2.17 bits per heavy atom. The van der Waals surface area contributed by atoms with Crippen molar-refractivity contribution >= 4 is 22.9 Å². The van der Waals surface area contributed by atoms with Crippen LogP contribution in [0.25, 0.3) is 11.2 Å². The van der Waals surface area contributed by atoms with Crippen molar-refractivity contribution in [2.45, 2.75) is 60.0 Å². The number of fused-ring (bicyclic) bond motifs is 1. The van der Waals surface area contributed by atoms with Crippen LogP contribution in [-0.4, -0.2) is 50.9 Å². The summed E-state index contributed by atoms with van der Waals surface area (Å²) in [6.45, 7) is 11.5. The average Bonchev–Trinajstić information content (AvgIpc) is 3.31. The van der Waals surface area contributed by atoms with Crippen molar-refractivity contribution in [3.8, 4) is 0 Å². The number of aryl methyl sites for hydroxylation is 3. The highest BCUT2D eigenvalue weighted by atomic mass is 16.5. The quantitative estimate of drug-likeness (QED) is 0.202. The topological polar surface area (TPSA) is 77.3 Å². The summed E-state index contributed by atoms with van der Waals surface area (Å²) in [5, 5.41) is 0. The minimum Gasteiger partial charge on any atom is -0.466 e. The Kier molecular flexibility index (Phi) is 8.40. The molecule has 0 aliphatic carbocycles. The molecule has 0 atom stereocenters. The molecule has 0 radical (unpaired) electrons. The van der Waals surface area contributed by atoms with Crippen molar-refractivity contribution in [2.75, 3.05) is 19.7 Å². The normalized spacial score (nSPS) is 14.5. The monoisotopic (exact) mass is 538 g/mol. The third-order valence-electron chi connectivity index (χ3n) is 7.75. The fourth-order valence-corrected chi connectivity index (χ4v) is 5.70. The SMILES string of the molecule is CCOC(=O)C1CCN(Cc2cccc(C(=O)c3cccc(Cn4c(CC)nc5c(C)cc(C)nc54)c3)c2)CC1. The second-order valence-corrected chi connectivity index (χ2v) is 10.8. The molecule has 40 heavy (non-hydrogen) atoms. The molecule has 1 aliphatic heterocycles. The number of likely N-dealkylation sites (tertiary alicyclic amines) is 1. The number of carbonyl (C=O) groups excluding carboxylic acids is 2. The summed E-state index contributed by atoms with van der Waals surface area (Å²) in [5.41, 5.74) is 7.44. The summed E-state index contributed by atoms with van der Waals surface area (Å²) >= 11 is 0. The van der Waals surface area contributed by atoms with E-state index in [0.29, 0.717) is 24.3 Å². The fraction of sp³-hybridized carbons (Fsp3) is 0.394. The number of esters is 1. The molecule has 1 fully saturated rings. The molecule has 1 aliphatic rings. The van der Waals surface area contributed by atoms with Crippen LogP contribution in [0, 0.1) is 19.8 Å². The van der Waals surface area contributed by atoms with Gasteiger partial charge in [-0.15, -0.1) is 0 Å². The highest BCUT2D eigenvalue weighted by Gasteiger charge is 2.26. The van der Waals surface area contributed by atoms with Crippen molar-refractivity contribution in [1.82, 2.24) is 19.4 Å². The van der Waals surface area contributed by atoms with Gasteiger partial charge in [0.1, 0.15) is 11.3 Å². The molecule has 4 aromatic rings. The molecule has 5 rings (SSSR count). The Morgan fingerprint density at radius 2 is 1.55 bits per heavy atom. The summed E-state index contributed by atoms with van der Waals surface area (Å²) < 4.78 is 7.36. The number of aromatic nitrogens is 3. The predicted octanol–water partition coefficient (Wildman–Crippen LogP) is 5.66. The van der Waals surface area contributed by atoms with E-state index in [2.05, 4.69) is 41.5 Å². The van der Waals surface area contributed by atoms with E-state index >= 15 is 0 Å². The van der Waals surface area contributed by atoms with Gasteiger partial charge in [-0.05, 0) is 81.6 Å². The van der Waals surface area contributed by atoms with Gasteiger partial charge >= 0.3 is 5.97 Å². The van der Waals surface area contributed by atoms with Gasteiger partial charge in [0.05, 0.1) is 19.1 Å². The molecule has 1 saturated heterocycles. The first-order chi connectivity index (χ1) is 19.4. The zero-order valence-electron chi connectivity index (χ0n) is 23.9. The van der Waals surface area contributed by atoms with Crippen LogP contribution >= 0.6 is 0 Å². The van der Waals surface area contributed by atoms with E-state index in [1.165, 1.54) is 0 Å². The number of imidazole rings is 1. The second kappa shape index (κ2) is 12.1. The molecule has 0 saturated carbocycles. The first-order valence-electron chi connectivity index (χ1n) is 14.3. The highest BCUT2D eigenvalue weighted by Crippen LogP contribution is 2.23. The summed E-state index contributed by atoms with van der Waals surface area (Å²) in [6.07, 6.45) is 2.43. The molecule has 0 spiro atoms. The second-order valence-electron chi connectivity index (χ2n) is 10.8. The number of hydrogen-bond donors (Lipinski definition) is 0.